The Labute approximate surface area is 101 Å². The van der Waals surface area contributed by atoms with Crippen molar-refractivity contribution in [2.75, 3.05) is 5.75 Å². The van der Waals surface area contributed by atoms with Gasteiger partial charge in [-0.2, -0.15) is 4.37 Å². The Morgan fingerprint density at radius 3 is 2.64 bits per heavy atom. The van der Waals surface area contributed by atoms with Crippen molar-refractivity contribution in [1.29, 1.82) is 0 Å². The molecule has 1 aromatic heterocycles. The van der Waals surface area contributed by atoms with Crippen molar-refractivity contribution in [1.82, 2.24) is 4.37 Å². The summed E-state index contributed by atoms with van der Waals surface area (Å²) in [4.78, 5) is 12.0. The van der Waals surface area contributed by atoms with Crippen LogP contribution < -0.4 is 0 Å². The molecule has 0 amide bonds. The van der Waals surface area contributed by atoms with E-state index in [0.717, 1.165) is 17.3 Å². The molecule has 0 bridgehead atoms. The molecule has 1 rings (SSSR count). The quantitative estimate of drug-likeness (QED) is 0.832. The fourth-order valence-corrected chi connectivity index (χ4v) is 2.81. The Hall–Kier alpha value is 0.230. The van der Waals surface area contributed by atoms with Crippen LogP contribution in [0.3, 0.4) is 0 Å². The van der Waals surface area contributed by atoms with Gasteiger partial charge >= 0.3 is 0 Å². The molecule has 1 aromatic rings. The Bertz CT molecular complexity index is 338. The van der Waals surface area contributed by atoms with E-state index in [0.29, 0.717) is 10.8 Å². The number of hydrogen-bond acceptors (Lipinski definition) is 4. The topological polar surface area (TPSA) is 30.0 Å². The lowest BCUT2D eigenvalue weighted by molar-refractivity contribution is 0.109. The second-order valence-corrected chi connectivity index (χ2v) is 5.61. The van der Waals surface area contributed by atoms with Gasteiger partial charge in [0.05, 0.1) is 0 Å². The Balaban J connectivity index is 2.66. The van der Waals surface area contributed by atoms with Crippen molar-refractivity contribution in [2.24, 2.45) is 5.92 Å². The van der Waals surface area contributed by atoms with E-state index in [-0.39, 0.29) is 15.3 Å². The van der Waals surface area contributed by atoms with Gasteiger partial charge in [0.15, 0.2) is 5.15 Å². The molecule has 0 aliphatic heterocycles. The maximum absolute atomic E-state index is 11.6. The van der Waals surface area contributed by atoms with Crippen LogP contribution in [0.1, 0.15) is 23.5 Å². The second kappa shape index (κ2) is 5.35. The van der Waals surface area contributed by atoms with Crippen molar-refractivity contribution < 1.29 is 4.79 Å². The van der Waals surface area contributed by atoms with Crippen LogP contribution in [0, 0.1) is 5.92 Å². The summed E-state index contributed by atoms with van der Waals surface area (Å²) in [7, 11) is 0. The lowest BCUT2D eigenvalue weighted by Crippen LogP contribution is -1.97. The molecule has 0 radical (unpaired) electrons. The van der Waals surface area contributed by atoms with Crippen LogP contribution >= 0.6 is 46.5 Å². The molecule has 0 atom stereocenters. The highest BCUT2D eigenvalue weighted by atomic mass is 35.5. The van der Waals surface area contributed by atoms with Gasteiger partial charge in [-0.1, -0.05) is 48.8 Å². The summed E-state index contributed by atoms with van der Waals surface area (Å²) in [6, 6.07) is 0. The fourth-order valence-electron chi connectivity index (χ4n) is 0.694. The van der Waals surface area contributed by atoms with Gasteiger partial charge < -0.3 is 0 Å². The van der Waals surface area contributed by atoms with E-state index in [9.17, 15) is 4.79 Å². The number of rotatable bonds is 3. The minimum Gasteiger partial charge on any atom is -0.281 e. The normalized spacial score (nSPS) is 10.9. The molecule has 2 nitrogen and oxygen atoms in total. The van der Waals surface area contributed by atoms with Gasteiger partial charge in [-0.15, -0.1) is 0 Å². The first kappa shape index (κ1) is 12.3. The maximum Gasteiger partial charge on any atom is 0.232 e. The van der Waals surface area contributed by atoms with Gasteiger partial charge in [-0.05, 0) is 17.5 Å². The smallest absolute Gasteiger partial charge is 0.232 e. The summed E-state index contributed by atoms with van der Waals surface area (Å²) in [5.74, 6) is 1.26. The number of carbonyl (C=O) groups excluding carboxylic acids is 1. The van der Waals surface area contributed by atoms with Gasteiger partial charge in [0.25, 0.3) is 0 Å². The molecule has 0 saturated carbocycles. The van der Waals surface area contributed by atoms with Crippen molar-refractivity contribution in [2.45, 2.75) is 13.8 Å². The number of nitrogens with zero attached hydrogens (tertiary/aromatic N) is 1. The predicted molar refractivity (Wildman–Crippen MR) is 63.8 cm³/mol. The third-order valence-electron chi connectivity index (χ3n) is 1.33. The van der Waals surface area contributed by atoms with Gasteiger partial charge in [-0.25, -0.2) is 0 Å². The van der Waals surface area contributed by atoms with E-state index < -0.39 is 0 Å². The van der Waals surface area contributed by atoms with Gasteiger partial charge in [0.1, 0.15) is 9.90 Å². The first-order chi connectivity index (χ1) is 6.52. The Kier molecular flexibility index (Phi) is 4.70. The van der Waals surface area contributed by atoms with E-state index in [2.05, 4.69) is 18.2 Å². The Morgan fingerprint density at radius 1 is 1.57 bits per heavy atom. The average molecular weight is 270 g/mol. The van der Waals surface area contributed by atoms with E-state index in [1.54, 1.807) is 0 Å². The molecule has 0 N–H and O–H groups in total. The fraction of sp³-hybridized carbons (Fsp3) is 0.500. The monoisotopic (exact) mass is 269 g/mol. The zero-order chi connectivity index (χ0) is 10.7. The maximum atomic E-state index is 11.6. The largest absolute Gasteiger partial charge is 0.281 e. The molecular formula is C8H9Cl2NOS2. The highest BCUT2D eigenvalue weighted by molar-refractivity contribution is 8.14. The molecule has 0 spiro atoms. The first-order valence-corrected chi connectivity index (χ1v) is 6.51. The van der Waals surface area contributed by atoms with Crippen LogP contribution in [0.5, 0.6) is 0 Å². The van der Waals surface area contributed by atoms with Gasteiger partial charge in [-0.3, -0.25) is 4.79 Å². The van der Waals surface area contributed by atoms with Gasteiger partial charge in [0, 0.05) is 5.75 Å². The molecule has 0 saturated heterocycles. The van der Waals surface area contributed by atoms with E-state index in [1.165, 1.54) is 11.8 Å². The third-order valence-corrected chi connectivity index (χ3v) is 4.56. The van der Waals surface area contributed by atoms with Crippen LogP contribution in [0.25, 0.3) is 0 Å². The second-order valence-electron chi connectivity index (χ2n) is 3.11. The Morgan fingerprint density at radius 2 is 2.21 bits per heavy atom. The summed E-state index contributed by atoms with van der Waals surface area (Å²) in [6.45, 7) is 4.11. The standard InChI is InChI=1S/C8H9Cl2NOS2/c1-4(2)3-13-8(12)6-5(9)7(10)11-14-6/h4H,3H2,1-2H3. The van der Waals surface area contributed by atoms with Crippen molar-refractivity contribution in [3.8, 4) is 0 Å². The third kappa shape index (κ3) is 3.12. The number of halogens is 2. The average Bonchev–Trinajstić information content (AvgIpc) is 2.44. The molecule has 78 valence electrons. The van der Waals surface area contributed by atoms with Crippen LogP contribution in [0.2, 0.25) is 10.2 Å². The lowest BCUT2D eigenvalue weighted by atomic mass is 10.3. The SMILES string of the molecule is CC(C)CSC(=O)c1snc(Cl)c1Cl. The number of thioether (sulfide) groups is 1. The molecule has 0 fully saturated rings. The van der Waals surface area contributed by atoms with Crippen LogP contribution in [0.4, 0.5) is 0 Å². The lowest BCUT2D eigenvalue weighted by Gasteiger charge is -2.01. The summed E-state index contributed by atoms with van der Waals surface area (Å²) in [5, 5.41) is 0.441. The van der Waals surface area contributed by atoms with Crippen molar-refractivity contribution in [3.63, 3.8) is 0 Å². The minimum absolute atomic E-state index is 0.0481. The van der Waals surface area contributed by atoms with Crippen molar-refractivity contribution in [3.05, 3.63) is 15.1 Å². The highest BCUT2D eigenvalue weighted by Crippen LogP contribution is 2.31. The number of carbonyl (C=O) groups is 1. The van der Waals surface area contributed by atoms with Crippen molar-refractivity contribution >= 4 is 51.6 Å². The van der Waals surface area contributed by atoms with Crippen LogP contribution in [0.15, 0.2) is 0 Å². The molecule has 6 heteroatoms. The van der Waals surface area contributed by atoms with Gasteiger partial charge in [0.2, 0.25) is 5.12 Å². The molecule has 14 heavy (non-hydrogen) atoms. The molecule has 0 unspecified atom stereocenters. The number of aromatic nitrogens is 1. The molecule has 0 aromatic carbocycles. The predicted octanol–water partition coefficient (Wildman–Crippen LogP) is 3.98. The number of hydrogen-bond donors (Lipinski definition) is 0. The molecule has 1 heterocycles. The van der Waals surface area contributed by atoms with E-state index in [1.807, 2.05) is 0 Å². The first-order valence-electron chi connectivity index (χ1n) is 4.00. The highest BCUT2D eigenvalue weighted by Gasteiger charge is 2.17. The zero-order valence-electron chi connectivity index (χ0n) is 7.71. The summed E-state index contributed by atoms with van der Waals surface area (Å²) >= 11 is 13.7. The van der Waals surface area contributed by atoms with E-state index in [4.69, 9.17) is 23.2 Å². The molecule has 0 aliphatic rings. The summed E-state index contributed by atoms with van der Waals surface area (Å²) < 4.78 is 3.81. The summed E-state index contributed by atoms with van der Waals surface area (Å²) in [6.07, 6.45) is 0. The molecular weight excluding hydrogens is 261 g/mol. The zero-order valence-corrected chi connectivity index (χ0v) is 10.9. The van der Waals surface area contributed by atoms with Crippen LogP contribution in [-0.4, -0.2) is 15.2 Å². The minimum atomic E-state index is -0.0481. The molecule has 0 aliphatic carbocycles. The summed E-state index contributed by atoms with van der Waals surface area (Å²) in [5.41, 5.74) is 0. The van der Waals surface area contributed by atoms with Crippen LogP contribution in [-0.2, 0) is 0 Å². The van der Waals surface area contributed by atoms with E-state index >= 15 is 0 Å².